The minimum Gasteiger partial charge on any atom is -0.372 e. The third-order valence-corrected chi connectivity index (χ3v) is 4.28. The van der Waals surface area contributed by atoms with E-state index in [0.29, 0.717) is 6.42 Å². The van der Waals surface area contributed by atoms with Crippen LogP contribution in [0.3, 0.4) is 0 Å². The average Bonchev–Trinajstić information content (AvgIpc) is 3.10. The molecule has 2 aromatic carbocycles. The van der Waals surface area contributed by atoms with E-state index in [1.54, 1.807) is 4.90 Å². The maximum atomic E-state index is 12.4. The van der Waals surface area contributed by atoms with Gasteiger partial charge in [-0.15, -0.1) is 0 Å². The summed E-state index contributed by atoms with van der Waals surface area (Å²) in [6.07, 6.45) is 3.00. The molecule has 1 aliphatic heterocycles. The van der Waals surface area contributed by atoms with E-state index in [0.717, 1.165) is 24.3 Å². The number of carbonyl (C=O) groups is 1. The second kappa shape index (κ2) is 6.65. The molecule has 0 spiro atoms. The van der Waals surface area contributed by atoms with E-state index >= 15 is 0 Å². The standard InChI is InChI=1S/C19H22N2O/c1-20(17-7-3-2-4-8-17)19(22)15-16-9-11-18(12-10-16)21-13-5-6-14-21/h2-4,7-12H,5-6,13-15H2,1H3. The summed E-state index contributed by atoms with van der Waals surface area (Å²) in [7, 11) is 1.83. The molecule has 22 heavy (non-hydrogen) atoms. The summed E-state index contributed by atoms with van der Waals surface area (Å²) in [5, 5.41) is 0. The van der Waals surface area contributed by atoms with Gasteiger partial charge in [-0.25, -0.2) is 0 Å². The van der Waals surface area contributed by atoms with Crippen LogP contribution in [0.1, 0.15) is 18.4 Å². The Hall–Kier alpha value is -2.29. The van der Waals surface area contributed by atoms with Gasteiger partial charge in [-0.1, -0.05) is 30.3 Å². The van der Waals surface area contributed by atoms with E-state index in [2.05, 4.69) is 29.2 Å². The molecule has 0 saturated carbocycles. The van der Waals surface area contributed by atoms with Crippen LogP contribution in [0.2, 0.25) is 0 Å². The first kappa shape index (κ1) is 14.6. The van der Waals surface area contributed by atoms with Crippen LogP contribution in [0.15, 0.2) is 54.6 Å². The van der Waals surface area contributed by atoms with Crippen LogP contribution in [0.4, 0.5) is 11.4 Å². The number of para-hydroxylation sites is 1. The zero-order valence-corrected chi connectivity index (χ0v) is 13.0. The number of carbonyl (C=O) groups excluding carboxylic acids is 1. The highest BCUT2D eigenvalue weighted by Gasteiger charge is 2.14. The molecule has 1 fully saturated rings. The van der Waals surface area contributed by atoms with Crippen molar-refractivity contribution in [2.24, 2.45) is 0 Å². The van der Waals surface area contributed by atoms with Gasteiger partial charge in [0, 0.05) is 31.5 Å². The van der Waals surface area contributed by atoms with Crippen molar-refractivity contribution in [1.29, 1.82) is 0 Å². The molecule has 1 heterocycles. The van der Waals surface area contributed by atoms with Crippen LogP contribution in [-0.4, -0.2) is 26.0 Å². The number of hydrogen-bond donors (Lipinski definition) is 0. The first-order valence-corrected chi connectivity index (χ1v) is 7.89. The zero-order valence-electron chi connectivity index (χ0n) is 13.0. The summed E-state index contributed by atoms with van der Waals surface area (Å²) in [4.78, 5) is 16.5. The van der Waals surface area contributed by atoms with E-state index in [1.807, 2.05) is 37.4 Å². The Morgan fingerprint density at radius 2 is 1.64 bits per heavy atom. The lowest BCUT2D eigenvalue weighted by atomic mass is 10.1. The second-order valence-electron chi connectivity index (χ2n) is 5.83. The van der Waals surface area contributed by atoms with Crippen LogP contribution in [0.5, 0.6) is 0 Å². The van der Waals surface area contributed by atoms with Crippen molar-refractivity contribution in [3.05, 3.63) is 60.2 Å². The Morgan fingerprint density at radius 3 is 2.27 bits per heavy atom. The molecule has 0 aliphatic carbocycles. The summed E-state index contributed by atoms with van der Waals surface area (Å²) in [6.45, 7) is 2.30. The number of hydrogen-bond acceptors (Lipinski definition) is 2. The molecule has 114 valence electrons. The summed E-state index contributed by atoms with van der Waals surface area (Å²) >= 11 is 0. The molecule has 0 N–H and O–H groups in total. The molecule has 3 heteroatoms. The molecule has 0 atom stereocenters. The molecule has 0 aromatic heterocycles. The van der Waals surface area contributed by atoms with Crippen molar-refractivity contribution >= 4 is 17.3 Å². The summed E-state index contributed by atoms with van der Waals surface area (Å²) in [5.41, 5.74) is 3.27. The predicted molar refractivity (Wildman–Crippen MR) is 91.4 cm³/mol. The lowest BCUT2D eigenvalue weighted by Crippen LogP contribution is -2.27. The molecule has 0 bridgehead atoms. The predicted octanol–water partition coefficient (Wildman–Crippen LogP) is 3.49. The molecule has 0 unspecified atom stereocenters. The topological polar surface area (TPSA) is 23.6 Å². The van der Waals surface area contributed by atoms with Gasteiger partial charge in [0.15, 0.2) is 0 Å². The number of amides is 1. The average molecular weight is 294 g/mol. The fourth-order valence-electron chi connectivity index (χ4n) is 2.89. The SMILES string of the molecule is CN(C(=O)Cc1ccc(N2CCCC2)cc1)c1ccccc1. The van der Waals surface area contributed by atoms with E-state index in [-0.39, 0.29) is 5.91 Å². The highest BCUT2D eigenvalue weighted by molar-refractivity contribution is 5.94. The minimum absolute atomic E-state index is 0.111. The maximum Gasteiger partial charge on any atom is 0.231 e. The minimum atomic E-state index is 0.111. The van der Waals surface area contributed by atoms with Gasteiger partial charge in [0.2, 0.25) is 5.91 Å². The number of rotatable bonds is 4. The quantitative estimate of drug-likeness (QED) is 0.861. The lowest BCUT2D eigenvalue weighted by Gasteiger charge is -2.19. The normalized spacial score (nSPS) is 14.1. The van der Waals surface area contributed by atoms with E-state index in [1.165, 1.54) is 18.5 Å². The monoisotopic (exact) mass is 294 g/mol. The number of nitrogens with zero attached hydrogens (tertiary/aromatic N) is 2. The van der Waals surface area contributed by atoms with Crippen molar-refractivity contribution < 1.29 is 4.79 Å². The van der Waals surface area contributed by atoms with Crippen LogP contribution in [0, 0.1) is 0 Å². The Morgan fingerprint density at radius 1 is 1.00 bits per heavy atom. The molecular formula is C19H22N2O. The van der Waals surface area contributed by atoms with E-state index in [4.69, 9.17) is 0 Å². The van der Waals surface area contributed by atoms with Crippen molar-refractivity contribution in [3.8, 4) is 0 Å². The summed E-state index contributed by atoms with van der Waals surface area (Å²) < 4.78 is 0. The molecule has 3 rings (SSSR count). The van der Waals surface area contributed by atoms with Gasteiger partial charge in [-0.3, -0.25) is 4.79 Å². The van der Waals surface area contributed by atoms with Crippen LogP contribution in [0.25, 0.3) is 0 Å². The van der Waals surface area contributed by atoms with Gasteiger partial charge in [0.25, 0.3) is 0 Å². The molecule has 1 aliphatic rings. The number of likely N-dealkylation sites (N-methyl/N-ethyl adjacent to an activating group) is 1. The molecule has 0 radical (unpaired) electrons. The molecule has 1 saturated heterocycles. The molecule has 1 amide bonds. The van der Waals surface area contributed by atoms with Crippen LogP contribution >= 0.6 is 0 Å². The lowest BCUT2D eigenvalue weighted by molar-refractivity contribution is -0.117. The van der Waals surface area contributed by atoms with Crippen LogP contribution in [-0.2, 0) is 11.2 Å². The van der Waals surface area contributed by atoms with Crippen LogP contribution < -0.4 is 9.80 Å². The van der Waals surface area contributed by atoms with Gasteiger partial charge >= 0.3 is 0 Å². The highest BCUT2D eigenvalue weighted by Crippen LogP contribution is 2.21. The van der Waals surface area contributed by atoms with E-state index < -0.39 is 0 Å². The van der Waals surface area contributed by atoms with Gasteiger partial charge in [-0.05, 0) is 42.7 Å². The second-order valence-corrected chi connectivity index (χ2v) is 5.83. The Kier molecular flexibility index (Phi) is 4.42. The van der Waals surface area contributed by atoms with Gasteiger partial charge < -0.3 is 9.80 Å². The summed E-state index contributed by atoms with van der Waals surface area (Å²) in [5.74, 6) is 0.111. The Labute approximate surface area is 132 Å². The van der Waals surface area contributed by atoms with Crippen molar-refractivity contribution in [3.63, 3.8) is 0 Å². The fraction of sp³-hybridized carbons (Fsp3) is 0.316. The first-order chi connectivity index (χ1) is 10.7. The highest BCUT2D eigenvalue weighted by atomic mass is 16.2. The van der Waals surface area contributed by atoms with Crippen molar-refractivity contribution in [2.45, 2.75) is 19.3 Å². The van der Waals surface area contributed by atoms with Gasteiger partial charge in [0.05, 0.1) is 6.42 Å². The number of anilines is 2. The van der Waals surface area contributed by atoms with Crippen molar-refractivity contribution in [1.82, 2.24) is 0 Å². The Balaban J connectivity index is 1.64. The van der Waals surface area contributed by atoms with Gasteiger partial charge in [0.1, 0.15) is 0 Å². The largest absolute Gasteiger partial charge is 0.372 e. The Bertz CT molecular complexity index is 616. The maximum absolute atomic E-state index is 12.4. The number of benzene rings is 2. The first-order valence-electron chi connectivity index (χ1n) is 7.89. The third kappa shape index (κ3) is 3.30. The molecule has 3 nitrogen and oxygen atoms in total. The smallest absolute Gasteiger partial charge is 0.231 e. The summed E-state index contributed by atoms with van der Waals surface area (Å²) in [6, 6.07) is 18.2. The van der Waals surface area contributed by atoms with Crippen molar-refractivity contribution in [2.75, 3.05) is 29.9 Å². The van der Waals surface area contributed by atoms with Gasteiger partial charge in [-0.2, -0.15) is 0 Å². The molecule has 2 aromatic rings. The fourth-order valence-corrected chi connectivity index (χ4v) is 2.89. The third-order valence-electron chi connectivity index (χ3n) is 4.28. The zero-order chi connectivity index (χ0) is 15.4. The van der Waals surface area contributed by atoms with E-state index in [9.17, 15) is 4.79 Å². The molecular weight excluding hydrogens is 272 g/mol.